The first-order valence-electron chi connectivity index (χ1n) is 13.7. The van der Waals surface area contributed by atoms with Crippen LogP contribution in [0.1, 0.15) is 24.6 Å². The number of fused-ring (bicyclic) bond motifs is 1. The normalized spacial score (nSPS) is 13.8. The van der Waals surface area contributed by atoms with Gasteiger partial charge in [-0.05, 0) is 49.6 Å². The quantitative estimate of drug-likeness (QED) is 0.276. The molecule has 4 aromatic heterocycles. The van der Waals surface area contributed by atoms with Crippen molar-refractivity contribution in [1.29, 1.82) is 0 Å². The fraction of sp³-hybridized carbons (Fsp3) is 0.258. The van der Waals surface area contributed by atoms with Crippen molar-refractivity contribution in [2.24, 2.45) is 7.05 Å². The molecule has 6 rings (SSSR count). The van der Waals surface area contributed by atoms with Crippen LogP contribution in [0.2, 0.25) is 0 Å². The van der Waals surface area contributed by atoms with Gasteiger partial charge in [-0.25, -0.2) is 15.0 Å². The van der Waals surface area contributed by atoms with E-state index in [1.807, 2.05) is 64.6 Å². The number of aryl methyl sites for hydroxylation is 2. The van der Waals surface area contributed by atoms with E-state index < -0.39 is 0 Å². The molecule has 5 heterocycles. The second-order valence-corrected chi connectivity index (χ2v) is 10.3. The highest BCUT2D eigenvalue weighted by Gasteiger charge is 2.26. The molecule has 1 fully saturated rings. The number of carbonyl (C=O) groups excluding carboxylic acids is 1. The van der Waals surface area contributed by atoms with Gasteiger partial charge in [-0.1, -0.05) is 18.7 Å². The number of anilines is 1. The number of rotatable bonds is 7. The fourth-order valence-corrected chi connectivity index (χ4v) is 5.63. The van der Waals surface area contributed by atoms with E-state index >= 15 is 0 Å². The molecule has 0 aliphatic carbocycles. The zero-order valence-corrected chi connectivity index (χ0v) is 23.8. The summed E-state index contributed by atoms with van der Waals surface area (Å²) in [7, 11) is 3.57. The Balaban J connectivity index is 1.41. The first kappa shape index (κ1) is 27.0. The molecule has 0 spiro atoms. The van der Waals surface area contributed by atoms with Gasteiger partial charge in [0.1, 0.15) is 17.8 Å². The maximum Gasteiger partial charge on any atom is 0.245 e. The number of pyridine rings is 1. The molecule has 42 heavy (non-hydrogen) atoms. The molecule has 0 radical (unpaired) electrons. The average molecular weight is 565 g/mol. The van der Waals surface area contributed by atoms with E-state index in [0.717, 1.165) is 46.3 Å². The zero-order valence-electron chi connectivity index (χ0n) is 23.8. The van der Waals surface area contributed by atoms with E-state index in [0.29, 0.717) is 41.9 Å². The summed E-state index contributed by atoms with van der Waals surface area (Å²) in [4.78, 5) is 27.2. The molecule has 1 saturated heterocycles. The van der Waals surface area contributed by atoms with E-state index in [1.165, 1.54) is 12.4 Å². The summed E-state index contributed by atoms with van der Waals surface area (Å²) in [6.07, 6.45) is 8.38. The number of benzene rings is 1. The van der Waals surface area contributed by atoms with Crippen molar-refractivity contribution in [3.05, 3.63) is 73.5 Å². The average Bonchev–Trinajstić information content (AvgIpc) is 3.60. The molecule has 0 bridgehead atoms. The molecule has 0 saturated carbocycles. The minimum Gasteiger partial charge on any atom is -0.493 e. The van der Waals surface area contributed by atoms with E-state index in [1.54, 1.807) is 13.2 Å². The zero-order chi connectivity index (χ0) is 29.4. The van der Waals surface area contributed by atoms with Crippen LogP contribution in [0.3, 0.4) is 0 Å². The van der Waals surface area contributed by atoms with Crippen LogP contribution in [0, 0.1) is 6.92 Å². The SMILES string of the molecule is C=CC(=O)N1CCC(n2cc(-c3c(-c4ccc(Oc5cccc(C)n5)c(OC)c4)c4c(N)ncnc4n3C)cn2)CC1. The summed E-state index contributed by atoms with van der Waals surface area (Å²) in [6, 6.07) is 11.6. The highest BCUT2D eigenvalue weighted by atomic mass is 16.5. The van der Waals surface area contributed by atoms with Gasteiger partial charge in [0.2, 0.25) is 11.8 Å². The minimum atomic E-state index is -0.0320. The summed E-state index contributed by atoms with van der Waals surface area (Å²) in [5.41, 5.74) is 11.6. The van der Waals surface area contributed by atoms with Crippen LogP contribution in [0.25, 0.3) is 33.4 Å². The molecule has 1 aliphatic heterocycles. The lowest BCUT2D eigenvalue weighted by atomic mass is 9.99. The monoisotopic (exact) mass is 564 g/mol. The molecule has 0 unspecified atom stereocenters. The van der Waals surface area contributed by atoms with Crippen molar-refractivity contribution in [2.75, 3.05) is 25.9 Å². The number of nitrogens with zero attached hydrogens (tertiary/aromatic N) is 7. The van der Waals surface area contributed by atoms with Crippen LogP contribution in [0.5, 0.6) is 17.4 Å². The summed E-state index contributed by atoms with van der Waals surface area (Å²) in [6.45, 7) is 6.86. The molecule has 5 aromatic rings. The molecule has 11 nitrogen and oxygen atoms in total. The third-order valence-corrected chi connectivity index (χ3v) is 7.73. The number of likely N-dealkylation sites (tertiary alicyclic amines) is 1. The van der Waals surface area contributed by atoms with E-state index in [4.69, 9.17) is 20.3 Å². The fourth-order valence-electron chi connectivity index (χ4n) is 5.63. The predicted octanol–water partition coefficient (Wildman–Crippen LogP) is 4.93. The van der Waals surface area contributed by atoms with Gasteiger partial charge in [-0.3, -0.25) is 9.48 Å². The Bertz CT molecular complexity index is 1800. The standard InChI is InChI=1S/C31H32N8O3/c1-5-26(40)38-13-11-22(12-14-38)39-17-21(16-35-39)29-27(28-30(32)33-18-34-31(28)37(29)3)20-9-10-23(24(15-20)41-4)42-25-8-6-7-19(2)36-25/h5-10,15-18,22H,1,11-14H2,2-4H3,(H2,32,33,34). The van der Waals surface area contributed by atoms with Crippen LogP contribution in [0.4, 0.5) is 5.82 Å². The van der Waals surface area contributed by atoms with Gasteiger partial charge in [0.25, 0.3) is 0 Å². The van der Waals surface area contributed by atoms with E-state index in [9.17, 15) is 4.79 Å². The second kappa shape index (κ2) is 11.0. The number of piperidine rings is 1. The molecule has 0 atom stereocenters. The van der Waals surface area contributed by atoms with Gasteiger partial charge in [0.05, 0.1) is 30.4 Å². The molecule has 214 valence electrons. The predicted molar refractivity (Wildman–Crippen MR) is 160 cm³/mol. The van der Waals surface area contributed by atoms with Gasteiger partial charge in [0.15, 0.2) is 11.5 Å². The number of hydrogen-bond donors (Lipinski definition) is 1. The Morgan fingerprint density at radius 1 is 1.12 bits per heavy atom. The highest BCUT2D eigenvalue weighted by Crippen LogP contribution is 2.44. The lowest BCUT2D eigenvalue weighted by molar-refractivity contribution is -0.127. The maximum atomic E-state index is 12.0. The Morgan fingerprint density at radius 2 is 1.93 bits per heavy atom. The van der Waals surface area contributed by atoms with Crippen molar-refractivity contribution < 1.29 is 14.3 Å². The van der Waals surface area contributed by atoms with Crippen molar-refractivity contribution >= 4 is 22.8 Å². The second-order valence-electron chi connectivity index (χ2n) is 10.3. The Morgan fingerprint density at radius 3 is 2.67 bits per heavy atom. The Labute approximate surface area is 243 Å². The number of ether oxygens (including phenoxy) is 2. The van der Waals surface area contributed by atoms with E-state index in [2.05, 4.69) is 27.7 Å². The number of amides is 1. The van der Waals surface area contributed by atoms with Crippen LogP contribution < -0.4 is 15.2 Å². The molecule has 1 amide bonds. The number of nitrogens with two attached hydrogens (primary N) is 1. The minimum absolute atomic E-state index is 0.0320. The first-order chi connectivity index (χ1) is 20.4. The molecule has 1 aliphatic rings. The van der Waals surface area contributed by atoms with Crippen LogP contribution in [-0.2, 0) is 11.8 Å². The number of carbonyl (C=O) groups is 1. The third-order valence-electron chi connectivity index (χ3n) is 7.73. The lowest BCUT2D eigenvalue weighted by Gasteiger charge is -2.31. The van der Waals surface area contributed by atoms with Crippen LogP contribution >= 0.6 is 0 Å². The Kier molecular flexibility index (Phi) is 7.07. The molecule has 11 heteroatoms. The van der Waals surface area contributed by atoms with Gasteiger partial charge in [-0.15, -0.1) is 0 Å². The van der Waals surface area contributed by atoms with Gasteiger partial charge >= 0.3 is 0 Å². The third kappa shape index (κ3) is 4.83. The van der Waals surface area contributed by atoms with E-state index in [-0.39, 0.29) is 11.9 Å². The highest BCUT2D eigenvalue weighted by molar-refractivity contribution is 6.07. The number of aromatic nitrogens is 6. The molecule has 2 N–H and O–H groups in total. The molecule has 1 aromatic carbocycles. The number of hydrogen-bond acceptors (Lipinski definition) is 8. The summed E-state index contributed by atoms with van der Waals surface area (Å²) in [5, 5.41) is 5.48. The van der Waals surface area contributed by atoms with Crippen molar-refractivity contribution in [3.8, 4) is 39.8 Å². The lowest BCUT2D eigenvalue weighted by Crippen LogP contribution is -2.38. The maximum absolute atomic E-state index is 12.0. The van der Waals surface area contributed by atoms with Gasteiger partial charge in [0, 0.05) is 49.2 Å². The molecular formula is C31H32N8O3. The Hall–Kier alpha value is -5.19. The first-order valence-corrected chi connectivity index (χ1v) is 13.7. The van der Waals surface area contributed by atoms with Gasteiger partial charge in [-0.2, -0.15) is 5.10 Å². The topological polar surface area (TPSA) is 126 Å². The largest absolute Gasteiger partial charge is 0.493 e. The van der Waals surface area contributed by atoms with Crippen LogP contribution in [0.15, 0.2) is 67.8 Å². The summed E-state index contributed by atoms with van der Waals surface area (Å²) >= 11 is 0. The number of methoxy groups -OCH3 is 1. The van der Waals surface area contributed by atoms with Crippen molar-refractivity contribution in [1.82, 2.24) is 34.2 Å². The number of nitrogen functional groups attached to an aromatic ring is 1. The smallest absolute Gasteiger partial charge is 0.245 e. The molecular weight excluding hydrogens is 532 g/mol. The van der Waals surface area contributed by atoms with Crippen molar-refractivity contribution in [3.63, 3.8) is 0 Å². The van der Waals surface area contributed by atoms with Crippen LogP contribution in [-0.4, -0.2) is 60.3 Å². The van der Waals surface area contributed by atoms with Crippen molar-refractivity contribution in [2.45, 2.75) is 25.8 Å². The summed E-state index contributed by atoms with van der Waals surface area (Å²) in [5.74, 6) is 1.92. The summed E-state index contributed by atoms with van der Waals surface area (Å²) < 4.78 is 15.8. The van der Waals surface area contributed by atoms with Gasteiger partial charge < -0.3 is 24.7 Å².